The van der Waals surface area contributed by atoms with Crippen LogP contribution in [0.4, 0.5) is 0 Å². The molecular formula is C14H20N2O2. The van der Waals surface area contributed by atoms with Crippen molar-refractivity contribution in [2.75, 3.05) is 13.2 Å². The maximum Gasteiger partial charge on any atom is 0.223 e. The van der Waals surface area contributed by atoms with E-state index in [0.717, 1.165) is 5.56 Å². The third-order valence-corrected chi connectivity index (χ3v) is 3.51. The first-order valence-corrected chi connectivity index (χ1v) is 6.43. The molecule has 1 aliphatic heterocycles. The number of aliphatic hydroxyl groups is 1. The van der Waals surface area contributed by atoms with Crippen LogP contribution in [0.5, 0.6) is 0 Å². The molecule has 2 atom stereocenters. The maximum atomic E-state index is 12.1. The average molecular weight is 248 g/mol. The zero-order valence-corrected chi connectivity index (χ0v) is 10.9. The van der Waals surface area contributed by atoms with Crippen molar-refractivity contribution in [1.82, 2.24) is 9.88 Å². The Bertz CT molecular complexity index is 406. The number of carbonyl (C=O) groups is 1. The Kier molecular flexibility index (Phi) is 3.97. The molecule has 4 nitrogen and oxygen atoms in total. The fraction of sp³-hybridized carbons (Fsp3) is 0.571. The zero-order chi connectivity index (χ0) is 13.1. The highest BCUT2D eigenvalue weighted by Gasteiger charge is 2.35. The lowest BCUT2D eigenvalue weighted by Crippen LogP contribution is -2.33. The predicted molar refractivity (Wildman–Crippen MR) is 68.7 cm³/mol. The van der Waals surface area contributed by atoms with Crippen LogP contribution in [0.3, 0.4) is 0 Å². The Hall–Kier alpha value is -1.42. The number of aromatic nitrogens is 1. The largest absolute Gasteiger partial charge is 0.396 e. The molecule has 2 rings (SSSR count). The van der Waals surface area contributed by atoms with Gasteiger partial charge >= 0.3 is 0 Å². The first-order valence-electron chi connectivity index (χ1n) is 6.43. The summed E-state index contributed by atoms with van der Waals surface area (Å²) in [4.78, 5) is 18.0. The molecule has 1 aliphatic rings. The molecule has 1 aromatic rings. The number of likely N-dealkylation sites (tertiary alicyclic amines) is 1. The minimum Gasteiger partial charge on any atom is -0.396 e. The molecular weight excluding hydrogens is 228 g/mol. The van der Waals surface area contributed by atoms with Gasteiger partial charge in [0.2, 0.25) is 5.91 Å². The van der Waals surface area contributed by atoms with Gasteiger partial charge < -0.3 is 10.0 Å². The molecule has 2 unspecified atom stereocenters. The van der Waals surface area contributed by atoms with Crippen molar-refractivity contribution in [2.24, 2.45) is 11.8 Å². The summed E-state index contributed by atoms with van der Waals surface area (Å²) < 4.78 is 0. The van der Waals surface area contributed by atoms with E-state index in [0.29, 0.717) is 18.9 Å². The quantitative estimate of drug-likeness (QED) is 0.881. The van der Waals surface area contributed by atoms with Gasteiger partial charge in [0.25, 0.3) is 0 Å². The third-order valence-electron chi connectivity index (χ3n) is 3.51. The highest BCUT2D eigenvalue weighted by atomic mass is 16.3. The van der Waals surface area contributed by atoms with Crippen molar-refractivity contribution < 1.29 is 9.90 Å². The van der Waals surface area contributed by atoms with E-state index in [1.54, 1.807) is 12.4 Å². The van der Waals surface area contributed by atoms with E-state index < -0.39 is 0 Å². The second-order valence-electron chi connectivity index (χ2n) is 5.27. The van der Waals surface area contributed by atoms with Crippen molar-refractivity contribution in [3.8, 4) is 0 Å². The first-order chi connectivity index (χ1) is 8.63. The van der Waals surface area contributed by atoms with Crippen molar-refractivity contribution in [2.45, 2.75) is 26.3 Å². The SMILES string of the molecule is CC(C)C(c1ccncc1)N1CC(CO)CC1=O. The van der Waals surface area contributed by atoms with E-state index in [-0.39, 0.29) is 24.5 Å². The average Bonchev–Trinajstić information content (AvgIpc) is 2.72. The van der Waals surface area contributed by atoms with E-state index in [9.17, 15) is 9.90 Å². The predicted octanol–water partition coefficient (Wildman–Crippen LogP) is 1.62. The van der Waals surface area contributed by atoms with E-state index >= 15 is 0 Å². The van der Waals surface area contributed by atoms with Gasteiger partial charge in [-0.25, -0.2) is 0 Å². The Labute approximate surface area is 108 Å². The van der Waals surface area contributed by atoms with Crippen LogP contribution in [0.15, 0.2) is 24.5 Å². The summed E-state index contributed by atoms with van der Waals surface area (Å²) in [5.41, 5.74) is 1.12. The third kappa shape index (κ3) is 2.53. The number of amides is 1. The number of carbonyl (C=O) groups excluding carboxylic acids is 1. The molecule has 0 aliphatic carbocycles. The van der Waals surface area contributed by atoms with E-state index in [4.69, 9.17) is 0 Å². The smallest absolute Gasteiger partial charge is 0.223 e. The van der Waals surface area contributed by atoms with Crippen molar-refractivity contribution in [1.29, 1.82) is 0 Å². The summed E-state index contributed by atoms with van der Waals surface area (Å²) in [7, 11) is 0. The standard InChI is InChI=1S/C14H20N2O2/c1-10(2)14(12-3-5-15-6-4-12)16-8-11(9-17)7-13(16)18/h3-6,10-11,14,17H,7-9H2,1-2H3. The minimum absolute atomic E-state index is 0.0806. The number of nitrogens with zero attached hydrogens (tertiary/aromatic N) is 2. The van der Waals surface area contributed by atoms with Crippen molar-refractivity contribution in [3.05, 3.63) is 30.1 Å². The van der Waals surface area contributed by atoms with Gasteiger partial charge in [-0.3, -0.25) is 9.78 Å². The van der Waals surface area contributed by atoms with Crippen molar-refractivity contribution >= 4 is 5.91 Å². The molecule has 0 aromatic carbocycles. The van der Waals surface area contributed by atoms with E-state index in [1.165, 1.54) is 0 Å². The molecule has 0 saturated carbocycles. The number of pyridine rings is 1. The number of rotatable bonds is 4. The molecule has 18 heavy (non-hydrogen) atoms. The fourth-order valence-electron chi connectivity index (χ4n) is 2.69. The van der Waals surface area contributed by atoms with Crippen LogP contribution in [0, 0.1) is 11.8 Å². The fourth-order valence-corrected chi connectivity index (χ4v) is 2.69. The molecule has 1 aromatic heterocycles. The molecule has 0 bridgehead atoms. The van der Waals surface area contributed by atoms with Crippen LogP contribution in [0.1, 0.15) is 31.9 Å². The minimum atomic E-state index is 0.0806. The monoisotopic (exact) mass is 248 g/mol. The Morgan fingerprint density at radius 1 is 1.44 bits per heavy atom. The van der Waals surface area contributed by atoms with Gasteiger partial charge in [-0.2, -0.15) is 0 Å². The molecule has 0 radical (unpaired) electrons. The number of hydrogen-bond acceptors (Lipinski definition) is 3. The first kappa shape index (κ1) is 13.0. The lowest BCUT2D eigenvalue weighted by Gasteiger charge is -2.31. The lowest BCUT2D eigenvalue weighted by molar-refractivity contribution is -0.130. The summed E-state index contributed by atoms with van der Waals surface area (Å²) in [5, 5.41) is 9.20. The van der Waals surface area contributed by atoms with Gasteiger partial charge in [0, 0.05) is 37.9 Å². The molecule has 4 heteroatoms. The normalized spacial score (nSPS) is 21.7. The summed E-state index contributed by atoms with van der Waals surface area (Å²) in [5.74, 6) is 0.568. The van der Waals surface area contributed by atoms with Gasteiger partial charge in [0.05, 0.1) is 6.04 Å². The van der Waals surface area contributed by atoms with Crippen LogP contribution in [-0.4, -0.2) is 34.0 Å². The van der Waals surface area contributed by atoms with Gasteiger partial charge in [-0.15, -0.1) is 0 Å². The highest BCUT2D eigenvalue weighted by Crippen LogP contribution is 2.33. The van der Waals surface area contributed by atoms with Gasteiger partial charge in [0.1, 0.15) is 0 Å². The summed E-state index contributed by atoms with van der Waals surface area (Å²) in [6, 6.07) is 4.01. The van der Waals surface area contributed by atoms with Crippen LogP contribution >= 0.6 is 0 Å². The second kappa shape index (κ2) is 5.48. The molecule has 98 valence electrons. The zero-order valence-electron chi connectivity index (χ0n) is 10.9. The highest BCUT2D eigenvalue weighted by molar-refractivity contribution is 5.79. The molecule has 0 spiro atoms. The maximum absolute atomic E-state index is 12.1. The molecule has 1 amide bonds. The lowest BCUT2D eigenvalue weighted by atomic mass is 9.95. The Morgan fingerprint density at radius 3 is 2.61 bits per heavy atom. The van der Waals surface area contributed by atoms with E-state index in [1.807, 2.05) is 17.0 Å². The van der Waals surface area contributed by atoms with Gasteiger partial charge in [-0.1, -0.05) is 13.8 Å². The van der Waals surface area contributed by atoms with Crippen LogP contribution in [-0.2, 0) is 4.79 Å². The second-order valence-corrected chi connectivity index (χ2v) is 5.27. The van der Waals surface area contributed by atoms with Gasteiger partial charge in [0.15, 0.2) is 0 Å². The van der Waals surface area contributed by atoms with E-state index in [2.05, 4.69) is 18.8 Å². The Balaban J connectivity index is 2.24. The summed E-state index contributed by atoms with van der Waals surface area (Å²) in [6.45, 7) is 4.97. The summed E-state index contributed by atoms with van der Waals surface area (Å²) in [6.07, 6.45) is 3.98. The van der Waals surface area contributed by atoms with Crippen LogP contribution < -0.4 is 0 Å². The Morgan fingerprint density at radius 2 is 2.11 bits per heavy atom. The molecule has 1 N–H and O–H groups in total. The summed E-state index contributed by atoms with van der Waals surface area (Å²) >= 11 is 0. The molecule has 2 heterocycles. The molecule has 1 saturated heterocycles. The number of aliphatic hydroxyl groups excluding tert-OH is 1. The number of hydrogen-bond donors (Lipinski definition) is 1. The van der Waals surface area contributed by atoms with Crippen LogP contribution in [0.2, 0.25) is 0 Å². The van der Waals surface area contributed by atoms with Crippen LogP contribution in [0.25, 0.3) is 0 Å². The topological polar surface area (TPSA) is 53.4 Å². The van der Waals surface area contributed by atoms with Crippen molar-refractivity contribution in [3.63, 3.8) is 0 Å². The molecule has 1 fully saturated rings. The van der Waals surface area contributed by atoms with Gasteiger partial charge in [-0.05, 0) is 23.6 Å².